The minimum Gasteiger partial charge on any atom is -0.334 e. The molecular formula is C16H14N4O3. The maximum Gasteiger partial charge on any atom is 0.319 e. The number of hydrogen-bond acceptors (Lipinski definition) is 3. The molecule has 0 saturated carbocycles. The van der Waals surface area contributed by atoms with Crippen molar-refractivity contribution < 1.29 is 4.79 Å². The van der Waals surface area contributed by atoms with Gasteiger partial charge in [-0.2, -0.15) is 0 Å². The summed E-state index contributed by atoms with van der Waals surface area (Å²) in [6.45, 7) is 0.356. The largest absolute Gasteiger partial charge is 0.334 e. The number of H-pyrrole nitrogens is 2. The van der Waals surface area contributed by atoms with E-state index < -0.39 is 17.1 Å². The molecule has 3 aromatic rings. The Morgan fingerprint density at radius 2 is 1.65 bits per heavy atom. The highest BCUT2D eigenvalue weighted by molar-refractivity contribution is 6.00. The maximum atomic E-state index is 12.0. The average molecular weight is 310 g/mol. The quantitative estimate of drug-likeness (QED) is 0.589. The molecule has 4 N–H and O–H groups in total. The SMILES string of the molecule is O=C(NCc1ccccc1)Nc1cccc2c(=O)[nH][nH]c(=O)c12. The molecule has 1 heterocycles. The Balaban J connectivity index is 1.82. The van der Waals surface area contributed by atoms with Gasteiger partial charge in [0.2, 0.25) is 0 Å². The second kappa shape index (κ2) is 6.18. The third-order valence-electron chi connectivity index (χ3n) is 3.37. The van der Waals surface area contributed by atoms with E-state index in [1.165, 1.54) is 6.07 Å². The molecule has 3 rings (SSSR count). The van der Waals surface area contributed by atoms with Crippen LogP contribution >= 0.6 is 0 Å². The summed E-state index contributed by atoms with van der Waals surface area (Å²) in [5.41, 5.74) is 0.335. The minimum absolute atomic E-state index is 0.145. The number of amides is 2. The molecule has 0 aliphatic rings. The third kappa shape index (κ3) is 3.13. The summed E-state index contributed by atoms with van der Waals surface area (Å²) < 4.78 is 0. The Hall–Kier alpha value is -3.35. The van der Waals surface area contributed by atoms with Gasteiger partial charge < -0.3 is 10.6 Å². The monoisotopic (exact) mass is 310 g/mol. The fourth-order valence-electron chi connectivity index (χ4n) is 2.28. The number of fused-ring (bicyclic) bond motifs is 1. The van der Waals surface area contributed by atoms with E-state index in [1.807, 2.05) is 30.3 Å². The summed E-state index contributed by atoms with van der Waals surface area (Å²) in [4.78, 5) is 35.6. The zero-order chi connectivity index (χ0) is 16.2. The van der Waals surface area contributed by atoms with E-state index in [-0.39, 0.29) is 16.5 Å². The van der Waals surface area contributed by atoms with Crippen LogP contribution < -0.4 is 21.8 Å². The second-order valence-electron chi connectivity index (χ2n) is 4.93. The van der Waals surface area contributed by atoms with Crippen molar-refractivity contribution in [1.82, 2.24) is 15.5 Å². The van der Waals surface area contributed by atoms with Crippen molar-refractivity contribution in [3.8, 4) is 0 Å². The lowest BCUT2D eigenvalue weighted by atomic mass is 10.1. The predicted molar refractivity (Wildman–Crippen MR) is 87.5 cm³/mol. The van der Waals surface area contributed by atoms with Gasteiger partial charge in [0.25, 0.3) is 11.1 Å². The molecule has 0 atom stereocenters. The van der Waals surface area contributed by atoms with Crippen molar-refractivity contribution in [2.45, 2.75) is 6.54 Å². The van der Waals surface area contributed by atoms with Crippen LogP contribution in [0.4, 0.5) is 10.5 Å². The molecule has 7 nitrogen and oxygen atoms in total. The Bertz CT molecular complexity index is 960. The van der Waals surface area contributed by atoms with Crippen LogP contribution in [0.2, 0.25) is 0 Å². The lowest BCUT2D eigenvalue weighted by Gasteiger charge is -2.09. The molecule has 23 heavy (non-hydrogen) atoms. The van der Waals surface area contributed by atoms with E-state index in [0.29, 0.717) is 6.54 Å². The van der Waals surface area contributed by atoms with Crippen molar-refractivity contribution in [2.24, 2.45) is 0 Å². The van der Waals surface area contributed by atoms with Gasteiger partial charge in [-0.1, -0.05) is 36.4 Å². The van der Waals surface area contributed by atoms with E-state index >= 15 is 0 Å². The molecule has 0 bridgehead atoms. The van der Waals surface area contributed by atoms with Crippen molar-refractivity contribution in [3.63, 3.8) is 0 Å². The van der Waals surface area contributed by atoms with Gasteiger partial charge in [0.15, 0.2) is 0 Å². The molecule has 2 aromatic carbocycles. The summed E-state index contributed by atoms with van der Waals surface area (Å²) in [7, 11) is 0. The van der Waals surface area contributed by atoms with E-state index in [4.69, 9.17) is 0 Å². The molecule has 0 aliphatic carbocycles. The van der Waals surface area contributed by atoms with Crippen LogP contribution in [0.5, 0.6) is 0 Å². The molecule has 116 valence electrons. The zero-order valence-corrected chi connectivity index (χ0v) is 12.1. The van der Waals surface area contributed by atoms with Crippen molar-refractivity contribution >= 4 is 22.5 Å². The van der Waals surface area contributed by atoms with Crippen LogP contribution in [-0.2, 0) is 6.54 Å². The Kier molecular flexibility index (Phi) is 3.92. The van der Waals surface area contributed by atoms with Crippen LogP contribution in [0.15, 0.2) is 58.1 Å². The summed E-state index contributed by atoms with van der Waals surface area (Å²) >= 11 is 0. The smallest absolute Gasteiger partial charge is 0.319 e. The summed E-state index contributed by atoms with van der Waals surface area (Å²) in [5.74, 6) is 0. The standard InChI is InChI=1S/C16H14N4O3/c21-14-11-7-4-8-12(13(11)15(22)20-19-14)18-16(23)17-9-10-5-2-1-3-6-10/h1-8H,9H2,(H,19,21)(H,20,22)(H2,17,18,23). The molecular weight excluding hydrogens is 296 g/mol. The molecule has 0 fully saturated rings. The minimum atomic E-state index is -0.474. The number of benzene rings is 2. The van der Waals surface area contributed by atoms with Crippen LogP contribution in [0, 0.1) is 0 Å². The first kappa shape index (κ1) is 14.6. The number of anilines is 1. The van der Waals surface area contributed by atoms with Gasteiger partial charge in [-0.15, -0.1) is 0 Å². The highest BCUT2D eigenvalue weighted by Crippen LogP contribution is 2.16. The first-order valence-corrected chi connectivity index (χ1v) is 6.97. The molecule has 0 radical (unpaired) electrons. The van der Waals surface area contributed by atoms with Gasteiger partial charge in [0.1, 0.15) is 0 Å². The lowest BCUT2D eigenvalue weighted by Crippen LogP contribution is -2.29. The fourth-order valence-corrected chi connectivity index (χ4v) is 2.28. The average Bonchev–Trinajstić information content (AvgIpc) is 2.57. The highest BCUT2D eigenvalue weighted by atomic mass is 16.2. The van der Waals surface area contributed by atoms with Crippen LogP contribution in [-0.4, -0.2) is 16.2 Å². The Morgan fingerprint density at radius 3 is 2.43 bits per heavy atom. The highest BCUT2D eigenvalue weighted by Gasteiger charge is 2.10. The normalized spacial score (nSPS) is 10.4. The van der Waals surface area contributed by atoms with Gasteiger partial charge in [-0.25, -0.2) is 4.79 Å². The predicted octanol–water partition coefficient (Wildman–Crippen LogP) is 1.54. The number of aromatic nitrogens is 2. The van der Waals surface area contributed by atoms with E-state index in [2.05, 4.69) is 20.8 Å². The third-order valence-corrected chi connectivity index (χ3v) is 3.37. The van der Waals surface area contributed by atoms with E-state index in [1.54, 1.807) is 12.1 Å². The van der Waals surface area contributed by atoms with E-state index in [0.717, 1.165) is 5.56 Å². The summed E-state index contributed by atoms with van der Waals surface area (Å²) in [6, 6.07) is 13.7. The molecule has 0 spiro atoms. The number of carbonyl (C=O) groups excluding carboxylic acids is 1. The lowest BCUT2D eigenvalue weighted by molar-refractivity contribution is 0.252. The number of hydrogen-bond donors (Lipinski definition) is 4. The number of aromatic amines is 2. The summed E-state index contributed by atoms with van der Waals surface area (Å²) in [5, 5.41) is 10.2. The van der Waals surface area contributed by atoms with Gasteiger partial charge in [-0.3, -0.25) is 19.8 Å². The Labute approximate surface area is 130 Å². The maximum absolute atomic E-state index is 12.0. The number of urea groups is 1. The van der Waals surface area contributed by atoms with E-state index in [9.17, 15) is 14.4 Å². The van der Waals surface area contributed by atoms with Crippen LogP contribution in [0.25, 0.3) is 10.8 Å². The topological polar surface area (TPSA) is 107 Å². The fraction of sp³-hybridized carbons (Fsp3) is 0.0625. The number of carbonyl (C=O) groups is 1. The zero-order valence-electron chi connectivity index (χ0n) is 12.1. The van der Waals surface area contributed by atoms with Gasteiger partial charge in [-0.05, 0) is 17.7 Å². The first-order valence-electron chi connectivity index (χ1n) is 6.97. The molecule has 2 amide bonds. The van der Waals surface area contributed by atoms with Gasteiger partial charge >= 0.3 is 6.03 Å². The summed E-state index contributed by atoms with van der Waals surface area (Å²) in [6.07, 6.45) is 0. The van der Waals surface area contributed by atoms with Gasteiger partial charge in [0.05, 0.1) is 16.5 Å². The van der Waals surface area contributed by atoms with Crippen LogP contribution in [0.1, 0.15) is 5.56 Å². The molecule has 0 aliphatic heterocycles. The molecule has 1 aromatic heterocycles. The Morgan fingerprint density at radius 1 is 0.913 bits per heavy atom. The first-order chi connectivity index (χ1) is 11.1. The van der Waals surface area contributed by atoms with Crippen LogP contribution in [0.3, 0.4) is 0 Å². The molecule has 0 saturated heterocycles. The van der Waals surface area contributed by atoms with Crippen molar-refractivity contribution in [1.29, 1.82) is 0 Å². The van der Waals surface area contributed by atoms with Crippen molar-refractivity contribution in [2.75, 3.05) is 5.32 Å². The van der Waals surface area contributed by atoms with Crippen molar-refractivity contribution in [3.05, 3.63) is 74.8 Å². The molecule has 0 unspecified atom stereocenters. The second-order valence-corrected chi connectivity index (χ2v) is 4.93. The number of nitrogens with one attached hydrogen (secondary N) is 4. The molecule has 7 heteroatoms. The van der Waals surface area contributed by atoms with Gasteiger partial charge in [0, 0.05) is 6.54 Å². The number of rotatable bonds is 3.